The molecule has 4 aromatic rings. The fourth-order valence-electron chi connectivity index (χ4n) is 3.52. The van der Waals surface area contributed by atoms with Crippen LogP contribution in [0.25, 0.3) is 22.5 Å². The molecule has 0 saturated carbocycles. The lowest BCUT2D eigenvalue weighted by Crippen LogP contribution is -2.25. The van der Waals surface area contributed by atoms with Crippen molar-refractivity contribution in [2.45, 2.75) is 32.6 Å². The highest BCUT2D eigenvalue weighted by Gasteiger charge is 2.36. The second-order valence-corrected chi connectivity index (χ2v) is 7.02. The summed E-state index contributed by atoms with van der Waals surface area (Å²) in [6.45, 7) is 1.96. The fourth-order valence-corrected chi connectivity index (χ4v) is 3.52. The van der Waals surface area contributed by atoms with Gasteiger partial charge in [-0.05, 0) is 28.3 Å². The number of aromatic nitrogens is 6. The monoisotopic (exact) mass is 428 g/mol. The summed E-state index contributed by atoms with van der Waals surface area (Å²) in [7, 11) is 0. The van der Waals surface area contributed by atoms with Crippen molar-refractivity contribution < 1.29 is 13.2 Å². The molecule has 0 aliphatic carbocycles. The van der Waals surface area contributed by atoms with Crippen LogP contribution >= 0.6 is 0 Å². The molecule has 0 atom stereocenters. The van der Waals surface area contributed by atoms with Crippen LogP contribution in [0.4, 0.5) is 13.2 Å². The number of nitrogens with zero attached hydrogens (tertiary/aromatic N) is 5. The SMILES string of the molecule is CCCn1c(=O)cc(C(F)(F)F)n1Cc1ccc(-c2ccccc2-c2nn[nH]n2)cc1. The third-order valence-electron chi connectivity index (χ3n) is 4.92. The van der Waals surface area contributed by atoms with Gasteiger partial charge in [-0.15, -0.1) is 10.2 Å². The Morgan fingerprint density at radius 2 is 1.71 bits per heavy atom. The van der Waals surface area contributed by atoms with Gasteiger partial charge in [-0.3, -0.25) is 9.48 Å². The molecule has 0 aliphatic rings. The molecular formula is C21H19F3N6O. The van der Waals surface area contributed by atoms with Gasteiger partial charge in [-0.1, -0.05) is 55.5 Å². The zero-order chi connectivity index (χ0) is 22.0. The minimum Gasteiger partial charge on any atom is -0.273 e. The number of nitrogens with one attached hydrogen (secondary N) is 1. The lowest BCUT2D eigenvalue weighted by Gasteiger charge is -2.16. The van der Waals surface area contributed by atoms with Crippen molar-refractivity contribution in [1.29, 1.82) is 0 Å². The molecule has 31 heavy (non-hydrogen) atoms. The van der Waals surface area contributed by atoms with Crippen LogP contribution in [-0.4, -0.2) is 30.0 Å². The summed E-state index contributed by atoms with van der Waals surface area (Å²) in [5, 5.41) is 14.1. The van der Waals surface area contributed by atoms with E-state index in [2.05, 4.69) is 20.6 Å². The van der Waals surface area contributed by atoms with Crippen LogP contribution in [0.5, 0.6) is 0 Å². The summed E-state index contributed by atoms with van der Waals surface area (Å²) in [6, 6.07) is 15.3. The van der Waals surface area contributed by atoms with Gasteiger partial charge in [-0.25, -0.2) is 4.68 Å². The lowest BCUT2D eigenvalue weighted by molar-refractivity contribution is -0.144. The van der Waals surface area contributed by atoms with Gasteiger partial charge in [0, 0.05) is 18.2 Å². The highest BCUT2D eigenvalue weighted by Crippen LogP contribution is 2.31. The molecule has 7 nitrogen and oxygen atoms in total. The van der Waals surface area contributed by atoms with Crippen LogP contribution in [0.1, 0.15) is 24.6 Å². The fraction of sp³-hybridized carbons (Fsp3) is 0.238. The lowest BCUT2D eigenvalue weighted by atomic mass is 9.98. The molecule has 1 N–H and O–H groups in total. The van der Waals surface area contributed by atoms with Gasteiger partial charge in [0.05, 0.1) is 6.54 Å². The van der Waals surface area contributed by atoms with Crippen molar-refractivity contribution in [3.63, 3.8) is 0 Å². The Morgan fingerprint density at radius 1 is 1.00 bits per heavy atom. The average Bonchev–Trinajstić information content (AvgIpc) is 3.39. The first kappa shape index (κ1) is 20.6. The van der Waals surface area contributed by atoms with Gasteiger partial charge in [0.15, 0.2) is 0 Å². The number of hydrogen-bond donors (Lipinski definition) is 1. The molecule has 10 heteroatoms. The summed E-state index contributed by atoms with van der Waals surface area (Å²) in [5.41, 5.74) is 1.56. The van der Waals surface area contributed by atoms with Crippen LogP contribution in [0.3, 0.4) is 0 Å². The second kappa shape index (κ2) is 8.21. The molecule has 2 heterocycles. The zero-order valence-electron chi connectivity index (χ0n) is 16.6. The molecular weight excluding hydrogens is 409 g/mol. The van der Waals surface area contributed by atoms with Gasteiger partial charge in [-0.2, -0.15) is 18.4 Å². The normalized spacial score (nSPS) is 11.7. The molecule has 0 unspecified atom stereocenters. The van der Waals surface area contributed by atoms with E-state index in [1.165, 1.54) is 0 Å². The molecule has 0 spiro atoms. The maximum absolute atomic E-state index is 13.5. The number of halogens is 3. The number of alkyl halides is 3. The van der Waals surface area contributed by atoms with Crippen LogP contribution < -0.4 is 5.56 Å². The Morgan fingerprint density at radius 3 is 2.32 bits per heavy atom. The number of aromatic amines is 1. The predicted octanol–water partition coefficient (Wildman–Crippen LogP) is 3.97. The maximum Gasteiger partial charge on any atom is 0.433 e. The first-order valence-electron chi connectivity index (χ1n) is 9.68. The molecule has 0 bridgehead atoms. The molecule has 0 saturated heterocycles. The molecule has 0 aliphatic heterocycles. The number of rotatable bonds is 6. The predicted molar refractivity (Wildman–Crippen MR) is 108 cm³/mol. The van der Waals surface area contributed by atoms with Crippen LogP contribution in [0, 0.1) is 0 Å². The third kappa shape index (κ3) is 4.14. The number of H-pyrrole nitrogens is 1. The third-order valence-corrected chi connectivity index (χ3v) is 4.92. The molecule has 2 aromatic heterocycles. The summed E-state index contributed by atoms with van der Waals surface area (Å²) in [5.74, 6) is 0.449. The number of tetrazole rings is 1. The Labute approximate surface area is 175 Å². The van der Waals surface area contributed by atoms with Crippen molar-refractivity contribution in [2.75, 3.05) is 0 Å². The highest BCUT2D eigenvalue weighted by atomic mass is 19.4. The summed E-state index contributed by atoms with van der Waals surface area (Å²) in [6.07, 6.45) is -4.06. The van der Waals surface area contributed by atoms with E-state index in [1.807, 2.05) is 43.3 Å². The van der Waals surface area contributed by atoms with Crippen molar-refractivity contribution in [1.82, 2.24) is 30.0 Å². The summed E-state index contributed by atoms with van der Waals surface area (Å²) in [4.78, 5) is 12.1. The van der Waals surface area contributed by atoms with E-state index < -0.39 is 17.4 Å². The van der Waals surface area contributed by atoms with Gasteiger partial charge in [0.2, 0.25) is 5.82 Å². The quantitative estimate of drug-likeness (QED) is 0.504. The topological polar surface area (TPSA) is 81.4 Å². The molecule has 4 rings (SSSR count). The standard InChI is InChI=1S/C21H19F3N6O/c1-2-11-29-19(31)12-18(21(22,23)24)30(29)13-14-7-9-15(10-8-14)16-5-3-4-6-17(16)20-25-27-28-26-20/h3-10,12H,2,11,13H2,1H3,(H,25,26,27,28). The van der Waals surface area contributed by atoms with E-state index in [1.54, 1.807) is 12.1 Å². The maximum atomic E-state index is 13.5. The Kier molecular flexibility index (Phi) is 5.45. The second-order valence-electron chi connectivity index (χ2n) is 7.02. The Balaban J connectivity index is 1.68. The van der Waals surface area contributed by atoms with Crippen molar-refractivity contribution >= 4 is 0 Å². The summed E-state index contributed by atoms with van der Waals surface area (Å²) >= 11 is 0. The van der Waals surface area contributed by atoms with Crippen LogP contribution in [0.2, 0.25) is 0 Å². The van der Waals surface area contributed by atoms with E-state index in [9.17, 15) is 18.0 Å². The van der Waals surface area contributed by atoms with Gasteiger partial charge < -0.3 is 0 Å². The van der Waals surface area contributed by atoms with E-state index in [0.717, 1.165) is 26.1 Å². The van der Waals surface area contributed by atoms with Crippen molar-refractivity contribution in [3.8, 4) is 22.5 Å². The van der Waals surface area contributed by atoms with E-state index >= 15 is 0 Å². The first-order chi connectivity index (χ1) is 14.9. The van der Waals surface area contributed by atoms with Gasteiger partial charge in [0.25, 0.3) is 5.56 Å². The first-order valence-corrected chi connectivity index (χ1v) is 9.68. The summed E-state index contributed by atoms with van der Waals surface area (Å²) < 4.78 is 42.5. The number of hydrogen-bond acceptors (Lipinski definition) is 4. The Bertz CT molecular complexity index is 1220. The molecule has 160 valence electrons. The average molecular weight is 428 g/mol. The molecule has 2 aromatic carbocycles. The van der Waals surface area contributed by atoms with Gasteiger partial charge >= 0.3 is 6.18 Å². The Hall–Kier alpha value is -3.69. The van der Waals surface area contributed by atoms with Crippen molar-refractivity contribution in [3.05, 3.63) is 76.2 Å². The van der Waals surface area contributed by atoms with Crippen LogP contribution in [-0.2, 0) is 19.3 Å². The minimum atomic E-state index is -4.61. The minimum absolute atomic E-state index is 0.0656. The number of benzene rings is 2. The zero-order valence-corrected chi connectivity index (χ0v) is 16.6. The van der Waals surface area contributed by atoms with E-state index in [4.69, 9.17) is 0 Å². The van der Waals surface area contributed by atoms with Crippen LogP contribution in [0.15, 0.2) is 59.4 Å². The van der Waals surface area contributed by atoms with E-state index in [-0.39, 0.29) is 13.1 Å². The molecule has 0 radical (unpaired) electrons. The molecule has 0 fully saturated rings. The van der Waals surface area contributed by atoms with E-state index in [0.29, 0.717) is 23.9 Å². The smallest absolute Gasteiger partial charge is 0.273 e. The van der Waals surface area contributed by atoms with Gasteiger partial charge in [0.1, 0.15) is 5.69 Å². The largest absolute Gasteiger partial charge is 0.433 e. The molecule has 0 amide bonds. The highest BCUT2D eigenvalue weighted by molar-refractivity contribution is 5.80. The van der Waals surface area contributed by atoms with Crippen molar-refractivity contribution in [2.24, 2.45) is 0 Å².